The summed E-state index contributed by atoms with van der Waals surface area (Å²) in [6, 6.07) is 37.8. The molecule has 0 aromatic heterocycles. The van der Waals surface area contributed by atoms with E-state index in [0.29, 0.717) is 6.42 Å². The van der Waals surface area contributed by atoms with Crippen molar-refractivity contribution in [2.45, 2.75) is 32.3 Å². The number of carbonyl (C=O) groups is 1. The van der Waals surface area contributed by atoms with Gasteiger partial charge in [0.2, 0.25) is 0 Å². The van der Waals surface area contributed by atoms with E-state index in [9.17, 15) is 4.79 Å². The molecule has 0 saturated carbocycles. The van der Waals surface area contributed by atoms with Crippen LogP contribution in [0.2, 0.25) is 0 Å². The minimum atomic E-state index is -0.271. The Balaban J connectivity index is 1.66. The van der Waals surface area contributed by atoms with Gasteiger partial charge in [-0.1, -0.05) is 116 Å². The number of rotatable bonds is 7. The standard InChI is InChI=1S/C30H28O2/c1-3-29(31)32-22(2)30(27-18-14-25(15-19-27)23-10-6-4-7-11-23)28-20-16-26(17-21-28)24-12-8-5-9-13-24/h4-22,30H,3H2,1-2H3. The summed E-state index contributed by atoms with van der Waals surface area (Å²) in [4.78, 5) is 12.0. The van der Waals surface area contributed by atoms with E-state index >= 15 is 0 Å². The second-order valence-corrected chi connectivity index (χ2v) is 8.00. The minimum Gasteiger partial charge on any atom is -0.462 e. The summed E-state index contributed by atoms with van der Waals surface area (Å²) in [7, 11) is 0. The lowest BCUT2D eigenvalue weighted by molar-refractivity contribution is -0.148. The predicted molar refractivity (Wildman–Crippen MR) is 131 cm³/mol. The lowest BCUT2D eigenvalue weighted by Crippen LogP contribution is -2.23. The van der Waals surface area contributed by atoms with Gasteiger partial charge in [-0.15, -0.1) is 0 Å². The fraction of sp³-hybridized carbons (Fsp3) is 0.167. The van der Waals surface area contributed by atoms with Crippen LogP contribution in [0, 0.1) is 0 Å². The SMILES string of the molecule is CCC(=O)OC(C)C(c1ccc(-c2ccccc2)cc1)c1ccc(-c2ccccc2)cc1. The van der Waals surface area contributed by atoms with Crippen LogP contribution in [0.25, 0.3) is 22.3 Å². The van der Waals surface area contributed by atoms with Gasteiger partial charge in [-0.25, -0.2) is 0 Å². The monoisotopic (exact) mass is 420 g/mol. The van der Waals surface area contributed by atoms with Crippen LogP contribution in [-0.2, 0) is 9.53 Å². The number of hydrogen-bond donors (Lipinski definition) is 0. The Morgan fingerprint density at radius 1 is 0.625 bits per heavy atom. The van der Waals surface area contributed by atoms with Crippen LogP contribution in [0.3, 0.4) is 0 Å². The van der Waals surface area contributed by atoms with Crippen LogP contribution < -0.4 is 0 Å². The van der Waals surface area contributed by atoms with Gasteiger partial charge in [0, 0.05) is 12.3 Å². The summed E-state index contributed by atoms with van der Waals surface area (Å²) in [6.45, 7) is 3.81. The first kappa shape index (κ1) is 21.6. The average molecular weight is 421 g/mol. The third-order valence-corrected chi connectivity index (χ3v) is 5.83. The van der Waals surface area contributed by atoms with Gasteiger partial charge in [0.15, 0.2) is 0 Å². The fourth-order valence-electron chi connectivity index (χ4n) is 4.12. The van der Waals surface area contributed by atoms with Crippen molar-refractivity contribution in [3.8, 4) is 22.3 Å². The number of carbonyl (C=O) groups excluding carboxylic acids is 1. The third kappa shape index (κ3) is 4.97. The molecule has 2 heteroatoms. The van der Waals surface area contributed by atoms with E-state index in [-0.39, 0.29) is 18.0 Å². The van der Waals surface area contributed by atoms with E-state index in [4.69, 9.17) is 4.74 Å². The molecule has 1 atom stereocenters. The van der Waals surface area contributed by atoms with Gasteiger partial charge >= 0.3 is 5.97 Å². The first-order chi connectivity index (χ1) is 15.7. The topological polar surface area (TPSA) is 26.3 Å². The predicted octanol–water partition coefficient (Wildman–Crippen LogP) is 7.49. The van der Waals surface area contributed by atoms with Gasteiger partial charge in [0.05, 0.1) is 0 Å². The Labute approximate surface area is 190 Å². The summed E-state index contributed by atoms with van der Waals surface area (Å²) < 4.78 is 5.76. The number of ether oxygens (including phenoxy) is 1. The van der Waals surface area contributed by atoms with E-state index in [1.807, 2.05) is 50.2 Å². The molecule has 0 heterocycles. The van der Waals surface area contributed by atoms with E-state index in [0.717, 1.165) is 11.1 Å². The summed E-state index contributed by atoms with van der Waals surface area (Å²) in [5.41, 5.74) is 6.99. The fourth-order valence-corrected chi connectivity index (χ4v) is 4.12. The molecule has 4 aromatic rings. The van der Waals surface area contributed by atoms with Crippen molar-refractivity contribution in [1.82, 2.24) is 0 Å². The van der Waals surface area contributed by atoms with E-state index in [2.05, 4.69) is 72.8 Å². The molecule has 0 bridgehead atoms. The summed E-state index contributed by atoms with van der Waals surface area (Å²) in [5, 5.41) is 0. The van der Waals surface area contributed by atoms with Crippen LogP contribution in [0.4, 0.5) is 0 Å². The molecule has 0 spiro atoms. The van der Waals surface area contributed by atoms with Crippen LogP contribution >= 0.6 is 0 Å². The quantitative estimate of drug-likeness (QED) is 0.289. The molecule has 2 nitrogen and oxygen atoms in total. The Morgan fingerprint density at radius 2 is 1.00 bits per heavy atom. The molecule has 4 rings (SSSR count). The highest BCUT2D eigenvalue weighted by atomic mass is 16.5. The molecular formula is C30H28O2. The number of esters is 1. The maximum Gasteiger partial charge on any atom is 0.305 e. The largest absolute Gasteiger partial charge is 0.462 e. The normalized spacial score (nSPS) is 11.8. The van der Waals surface area contributed by atoms with Crippen molar-refractivity contribution >= 4 is 5.97 Å². The molecule has 1 unspecified atom stereocenters. The second kappa shape index (κ2) is 10.1. The van der Waals surface area contributed by atoms with Gasteiger partial charge in [0.25, 0.3) is 0 Å². The third-order valence-electron chi connectivity index (χ3n) is 5.83. The molecule has 0 radical (unpaired) electrons. The zero-order valence-electron chi connectivity index (χ0n) is 18.6. The van der Waals surface area contributed by atoms with Crippen LogP contribution in [0.1, 0.15) is 37.3 Å². The summed E-state index contributed by atoms with van der Waals surface area (Å²) in [6.07, 6.45) is 0.101. The van der Waals surface area contributed by atoms with Crippen molar-refractivity contribution in [3.63, 3.8) is 0 Å². The molecule has 0 aliphatic heterocycles. The zero-order valence-corrected chi connectivity index (χ0v) is 18.6. The number of hydrogen-bond acceptors (Lipinski definition) is 2. The van der Waals surface area contributed by atoms with E-state index < -0.39 is 0 Å². The first-order valence-electron chi connectivity index (χ1n) is 11.2. The Hall–Kier alpha value is -3.65. The molecule has 0 N–H and O–H groups in total. The van der Waals surface area contributed by atoms with Crippen molar-refractivity contribution in [1.29, 1.82) is 0 Å². The van der Waals surface area contributed by atoms with Crippen molar-refractivity contribution in [2.24, 2.45) is 0 Å². The summed E-state index contributed by atoms with van der Waals surface area (Å²) in [5.74, 6) is -0.218. The molecule has 160 valence electrons. The Bertz CT molecular complexity index is 1050. The van der Waals surface area contributed by atoms with Gasteiger partial charge in [-0.2, -0.15) is 0 Å². The van der Waals surface area contributed by atoms with Crippen LogP contribution in [-0.4, -0.2) is 12.1 Å². The van der Waals surface area contributed by atoms with Gasteiger partial charge in [-0.3, -0.25) is 4.79 Å². The van der Waals surface area contributed by atoms with Gasteiger partial charge in [0.1, 0.15) is 6.10 Å². The highest BCUT2D eigenvalue weighted by Crippen LogP contribution is 2.33. The van der Waals surface area contributed by atoms with Gasteiger partial charge in [-0.05, 0) is 40.3 Å². The van der Waals surface area contributed by atoms with Crippen LogP contribution in [0.15, 0.2) is 109 Å². The smallest absolute Gasteiger partial charge is 0.305 e. The van der Waals surface area contributed by atoms with Gasteiger partial charge < -0.3 is 4.74 Å². The molecule has 0 aliphatic rings. The average Bonchev–Trinajstić information content (AvgIpc) is 2.86. The lowest BCUT2D eigenvalue weighted by Gasteiger charge is -2.25. The highest BCUT2D eigenvalue weighted by molar-refractivity contribution is 5.69. The van der Waals surface area contributed by atoms with Crippen molar-refractivity contribution in [3.05, 3.63) is 120 Å². The molecule has 4 aromatic carbocycles. The van der Waals surface area contributed by atoms with E-state index in [1.165, 1.54) is 22.3 Å². The molecule has 0 saturated heterocycles. The molecule has 0 fully saturated rings. The highest BCUT2D eigenvalue weighted by Gasteiger charge is 2.24. The van der Waals surface area contributed by atoms with Crippen LogP contribution in [0.5, 0.6) is 0 Å². The minimum absolute atomic E-state index is 0.0415. The lowest BCUT2D eigenvalue weighted by atomic mass is 9.85. The van der Waals surface area contributed by atoms with Crippen molar-refractivity contribution < 1.29 is 9.53 Å². The molecule has 0 amide bonds. The maximum atomic E-state index is 12.0. The molecule has 0 aliphatic carbocycles. The van der Waals surface area contributed by atoms with Crippen molar-refractivity contribution in [2.75, 3.05) is 0 Å². The van der Waals surface area contributed by atoms with E-state index in [1.54, 1.807) is 0 Å². The molecule has 32 heavy (non-hydrogen) atoms. The summed E-state index contributed by atoms with van der Waals surface area (Å²) >= 11 is 0. The second-order valence-electron chi connectivity index (χ2n) is 8.00. The maximum absolute atomic E-state index is 12.0. The first-order valence-corrected chi connectivity index (χ1v) is 11.2. The zero-order chi connectivity index (χ0) is 22.3. The Morgan fingerprint density at radius 3 is 1.38 bits per heavy atom. The molecular weight excluding hydrogens is 392 g/mol. The number of benzene rings is 4. The Kier molecular flexibility index (Phi) is 6.81.